The van der Waals surface area contributed by atoms with Crippen molar-refractivity contribution in [3.05, 3.63) is 72.9 Å². The van der Waals surface area contributed by atoms with Gasteiger partial charge in [0.15, 0.2) is 6.10 Å². The monoisotopic (exact) mass is 1000 g/mol. The number of esters is 2. The van der Waals surface area contributed by atoms with Crippen molar-refractivity contribution in [2.75, 3.05) is 13.2 Å². The molecule has 1 saturated heterocycles. The van der Waals surface area contributed by atoms with E-state index in [-0.39, 0.29) is 12.8 Å². The first kappa shape index (κ1) is 61.5. The van der Waals surface area contributed by atoms with Crippen LogP contribution < -0.4 is 0 Å². The minimum atomic E-state index is -5.38. The lowest BCUT2D eigenvalue weighted by Crippen LogP contribution is -2.64. The van der Waals surface area contributed by atoms with Gasteiger partial charge in [-0.15, -0.1) is 0 Å². The fraction of sp³-hybridized carbons (Fsp3) is 0.714. The van der Waals surface area contributed by atoms with Crippen molar-refractivity contribution in [1.29, 1.82) is 0 Å². The van der Waals surface area contributed by atoms with Crippen LogP contribution in [0.4, 0.5) is 0 Å². The summed E-state index contributed by atoms with van der Waals surface area (Å²) < 4.78 is 55.0. The molecular weight excluding hydrogens is 922 g/mol. The van der Waals surface area contributed by atoms with Crippen LogP contribution in [0.25, 0.3) is 0 Å². The molecule has 0 aromatic carbocycles. The average molecular weight is 1010 g/mol. The molecule has 2 fully saturated rings. The number of carbonyl (C=O) groups is 2. The number of carbonyl (C=O) groups excluding carboxylic acids is 2. The van der Waals surface area contributed by atoms with Crippen LogP contribution in [0.3, 0.4) is 0 Å². The summed E-state index contributed by atoms with van der Waals surface area (Å²) in [5.41, 5.74) is 0. The Morgan fingerprint density at radius 1 is 0.544 bits per heavy atom. The number of hydrogen-bond acceptors (Lipinski definition) is 14. The highest BCUT2D eigenvalue weighted by Crippen LogP contribution is 2.49. The summed E-state index contributed by atoms with van der Waals surface area (Å²) >= 11 is 0. The van der Waals surface area contributed by atoms with Gasteiger partial charge in [-0.05, 0) is 77.0 Å². The summed E-state index contributed by atoms with van der Waals surface area (Å²) in [4.78, 5) is 54.3. The Morgan fingerprint density at radius 3 is 1.62 bits per heavy atom. The molecule has 2 rings (SSSR count). The number of ether oxygens (including phenoxy) is 3. The first-order chi connectivity index (χ1) is 32.6. The fourth-order valence-electron chi connectivity index (χ4n) is 7.26. The van der Waals surface area contributed by atoms with Gasteiger partial charge in [0.2, 0.25) is 0 Å². The number of phosphoric acid groups is 2. The number of hydrogen-bond donors (Lipinski definition) is 7. The Morgan fingerprint density at radius 2 is 1.04 bits per heavy atom. The van der Waals surface area contributed by atoms with Gasteiger partial charge in [-0.3, -0.25) is 23.2 Å². The summed E-state index contributed by atoms with van der Waals surface area (Å²) in [6.45, 7) is 2.91. The number of aliphatic hydroxyl groups is 4. The Hall–Kier alpha value is -2.60. The maximum atomic E-state index is 13.0. The summed E-state index contributed by atoms with van der Waals surface area (Å²) in [6, 6.07) is 0. The highest BCUT2D eigenvalue weighted by molar-refractivity contribution is 7.47. The van der Waals surface area contributed by atoms with E-state index in [9.17, 15) is 53.8 Å². The van der Waals surface area contributed by atoms with Gasteiger partial charge in [-0.25, -0.2) is 9.13 Å². The van der Waals surface area contributed by atoms with Crippen LogP contribution in [-0.2, 0) is 46.5 Å². The van der Waals surface area contributed by atoms with E-state index in [1.807, 2.05) is 18.2 Å². The van der Waals surface area contributed by atoms with Crippen LogP contribution >= 0.6 is 15.6 Å². The molecule has 19 heteroatoms. The van der Waals surface area contributed by atoms with E-state index in [2.05, 4.69) is 67.0 Å². The van der Waals surface area contributed by atoms with Crippen molar-refractivity contribution in [3.63, 3.8) is 0 Å². The average Bonchev–Trinajstić information content (AvgIpc) is 4.05. The summed E-state index contributed by atoms with van der Waals surface area (Å²) in [5.74, 6) is -1.32. The Labute approximate surface area is 404 Å². The summed E-state index contributed by atoms with van der Waals surface area (Å²) in [5, 5.41) is 41.3. The molecule has 0 radical (unpaired) electrons. The molecule has 1 aliphatic heterocycles. The zero-order valence-corrected chi connectivity index (χ0v) is 42.0. The van der Waals surface area contributed by atoms with Gasteiger partial charge in [-0.2, -0.15) is 0 Å². The molecular formula is C49H82O17P2. The molecule has 1 aliphatic carbocycles. The normalized spacial score (nSPS) is 24.8. The van der Waals surface area contributed by atoms with Gasteiger partial charge in [0.05, 0.1) is 18.8 Å². The van der Waals surface area contributed by atoms with E-state index in [1.165, 1.54) is 38.5 Å². The zero-order chi connectivity index (χ0) is 50.0. The minimum absolute atomic E-state index is 0.0891. The smallest absolute Gasteiger partial charge is 0.462 e. The molecule has 0 bridgehead atoms. The molecule has 0 spiro atoms. The molecule has 1 heterocycles. The lowest BCUT2D eigenvalue weighted by atomic mass is 9.85. The Bertz CT molecular complexity index is 1660. The maximum absolute atomic E-state index is 13.0. The van der Waals surface area contributed by atoms with Crippen LogP contribution in [0.15, 0.2) is 72.9 Å². The van der Waals surface area contributed by atoms with Crippen LogP contribution in [0, 0.1) is 0 Å². The van der Waals surface area contributed by atoms with E-state index in [0.717, 1.165) is 70.6 Å². The molecule has 68 heavy (non-hydrogen) atoms. The second kappa shape index (κ2) is 36.3. The summed E-state index contributed by atoms with van der Waals surface area (Å²) in [6.07, 6.45) is 30.5. The van der Waals surface area contributed by atoms with Crippen molar-refractivity contribution in [2.45, 2.75) is 210 Å². The summed E-state index contributed by atoms with van der Waals surface area (Å²) in [7, 11) is -10.7. The number of rotatable bonds is 39. The van der Waals surface area contributed by atoms with Crippen LogP contribution in [0.5, 0.6) is 0 Å². The van der Waals surface area contributed by atoms with Crippen molar-refractivity contribution >= 4 is 27.6 Å². The molecule has 7 N–H and O–H groups in total. The quantitative estimate of drug-likeness (QED) is 0.00998. The molecule has 17 nitrogen and oxygen atoms in total. The largest absolute Gasteiger partial charge is 0.472 e. The van der Waals surface area contributed by atoms with Gasteiger partial charge in [-0.1, -0.05) is 138 Å². The van der Waals surface area contributed by atoms with E-state index in [1.54, 1.807) is 6.08 Å². The van der Waals surface area contributed by atoms with Gasteiger partial charge in [0.1, 0.15) is 43.2 Å². The van der Waals surface area contributed by atoms with Gasteiger partial charge >= 0.3 is 27.6 Å². The highest BCUT2D eigenvalue weighted by atomic mass is 31.2. The lowest BCUT2D eigenvalue weighted by molar-refractivity contribution is -0.216. The lowest BCUT2D eigenvalue weighted by Gasteiger charge is -2.43. The predicted octanol–water partition coefficient (Wildman–Crippen LogP) is 8.61. The molecule has 7 unspecified atom stereocenters. The van der Waals surface area contributed by atoms with E-state index >= 15 is 0 Å². The Kier molecular flexibility index (Phi) is 32.9. The third-order valence-corrected chi connectivity index (χ3v) is 12.7. The number of allylic oxidation sites excluding steroid dienone is 10. The standard InChI is InChI=1S/C49H82O17P2/c1-3-5-7-8-9-10-11-12-13-14-18-21-24-27-31-35-42(50)61-37-39(38-62-68(59,60)66-49-46(54)44(52)45(53)48(47(49)55)65-67(56,57)58)63-43(51)36-32-28-25-22-19-16-15-17-20-23-26-30-34-41-40(64-41)33-29-6-4-2/h6,12-13,16-17,19-20,25-26,28-30,39-41,44-49,52-55H,3-5,7-11,14-15,18,21-24,27,31-38H2,1-2H3,(H,59,60)(H2,56,57,58)/b13-12-,19-16-,20-17-,28-25-,29-6-,30-26-/t39-,40?,41?,44?,45?,46?,47?,48-,49+/m1/s1. The molecule has 1 saturated carbocycles. The van der Waals surface area contributed by atoms with Crippen molar-refractivity contribution in [3.8, 4) is 0 Å². The van der Waals surface area contributed by atoms with Crippen LogP contribution in [0.2, 0.25) is 0 Å². The van der Waals surface area contributed by atoms with Crippen molar-refractivity contribution < 1.29 is 81.6 Å². The highest BCUT2D eigenvalue weighted by Gasteiger charge is 2.54. The van der Waals surface area contributed by atoms with Gasteiger partial charge < -0.3 is 49.3 Å². The van der Waals surface area contributed by atoms with E-state index < -0.39 is 83.5 Å². The van der Waals surface area contributed by atoms with Gasteiger partial charge in [0.25, 0.3) is 0 Å². The molecule has 0 aromatic heterocycles. The number of unbranched alkanes of at least 4 members (excludes halogenated alkanes) is 11. The second-order valence-electron chi connectivity index (χ2n) is 17.2. The predicted molar refractivity (Wildman–Crippen MR) is 259 cm³/mol. The first-order valence-electron chi connectivity index (χ1n) is 24.6. The molecule has 0 amide bonds. The number of aliphatic hydroxyl groups excluding tert-OH is 4. The zero-order valence-electron chi connectivity index (χ0n) is 40.2. The molecule has 390 valence electrons. The minimum Gasteiger partial charge on any atom is -0.462 e. The fourth-order valence-corrected chi connectivity index (χ4v) is 8.80. The third kappa shape index (κ3) is 29.6. The van der Waals surface area contributed by atoms with Gasteiger partial charge in [0, 0.05) is 12.8 Å². The number of phosphoric ester groups is 2. The van der Waals surface area contributed by atoms with E-state index in [4.69, 9.17) is 23.3 Å². The number of epoxide rings is 1. The van der Waals surface area contributed by atoms with Crippen LogP contribution in [-0.4, -0.2) is 115 Å². The van der Waals surface area contributed by atoms with E-state index in [0.29, 0.717) is 31.5 Å². The Balaban J connectivity index is 1.81. The van der Waals surface area contributed by atoms with Crippen molar-refractivity contribution in [1.82, 2.24) is 0 Å². The SMILES string of the molecule is CC/C=C\CC1OC1C/C=C\C/C=C\C/C=C\C/C=C\CCC(=O)O[C@H](COC(=O)CCCCCCC/C=C\CCCCCCCC)COP(=O)(O)O[C@H]1C(O)C(O)C(O)[C@@H](OP(=O)(O)O)C1O. The molecule has 10 atom stereocenters. The topological polar surface area (TPSA) is 269 Å². The third-order valence-electron chi connectivity index (χ3n) is 11.2. The van der Waals surface area contributed by atoms with Crippen LogP contribution in [0.1, 0.15) is 155 Å². The molecule has 2 aliphatic rings. The first-order valence-corrected chi connectivity index (χ1v) is 27.6. The second-order valence-corrected chi connectivity index (χ2v) is 19.8. The maximum Gasteiger partial charge on any atom is 0.472 e. The van der Waals surface area contributed by atoms with Crippen molar-refractivity contribution in [2.24, 2.45) is 0 Å². The molecule has 0 aromatic rings.